The fourth-order valence-corrected chi connectivity index (χ4v) is 4.69. The van der Waals surface area contributed by atoms with Crippen LogP contribution < -0.4 is 15.5 Å². The first-order valence-electron chi connectivity index (χ1n) is 11.3. The van der Waals surface area contributed by atoms with Gasteiger partial charge in [-0.15, -0.1) is 0 Å². The lowest BCUT2D eigenvalue weighted by Crippen LogP contribution is -2.34. The van der Waals surface area contributed by atoms with E-state index >= 15 is 0 Å². The molecule has 2 N–H and O–H groups in total. The highest BCUT2D eigenvalue weighted by Gasteiger charge is 2.22. The number of rotatable bonds is 6. The Morgan fingerprint density at radius 3 is 2.56 bits per heavy atom. The maximum absolute atomic E-state index is 12.5. The van der Waals surface area contributed by atoms with Gasteiger partial charge in [0, 0.05) is 53.9 Å². The third-order valence-electron chi connectivity index (χ3n) is 6.35. The van der Waals surface area contributed by atoms with E-state index in [0.29, 0.717) is 12.0 Å². The molecule has 1 heterocycles. The maximum Gasteiger partial charge on any atom is 0.251 e. The van der Waals surface area contributed by atoms with Gasteiger partial charge in [-0.2, -0.15) is 0 Å². The first-order chi connectivity index (χ1) is 15.4. The summed E-state index contributed by atoms with van der Waals surface area (Å²) in [7, 11) is 4.14. The number of carbonyl (C=O) groups excluding carboxylic acids is 1. The second-order valence-corrected chi connectivity index (χ2v) is 9.83. The number of nitrogens with one attached hydrogen (secondary N) is 2. The quantitative estimate of drug-likeness (QED) is 0.456. The molecule has 0 aliphatic heterocycles. The lowest BCUT2D eigenvalue weighted by molar-refractivity contribution is 0.0943. The van der Waals surface area contributed by atoms with Crippen LogP contribution in [0.2, 0.25) is 0 Å². The Hall–Kier alpha value is -2.60. The normalized spacial score (nSPS) is 18.4. The molecule has 0 bridgehead atoms. The van der Waals surface area contributed by atoms with E-state index in [2.05, 4.69) is 69.8 Å². The second-order valence-electron chi connectivity index (χ2n) is 8.97. The van der Waals surface area contributed by atoms with Crippen molar-refractivity contribution in [1.82, 2.24) is 10.3 Å². The fraction of sp³-hybridized carbons (Fsp3) is 0.385. The van der Waals surface area contributed by atoms with Crippen LogP contribution in [0, 0.1) is 12.8 Å². The van der Waals surface area contributed by atoms with Gasteiger partial charge in [-0.1, -0.05) is 34.1 Å². The molecule has 0 atom stereocenters. The number of anilines is 2. The number of pyridine rings is 1. The van der Waals surface area contributed by atoms with Crippen molar-refractivity contribution < 1.29 is 4.79 Å². The summed E-state index contributed by atoms with van der Waals surface area (Å²) < 4.78 is 1.03. The van der Waals surface area contributed by atoms with Crippen LogP contribution in [0.3, 0.4) is 0 Å². The lowest BCUT2D eigenvalue weighted by Gasteiger charge is -2.30. The average Bonchev–Trinajstić information content (AvgIpc) is 2.79. The number of aryl methyl sites for hydroxylation is 1. The number of fused-ring (bicyclic) bond motifs is 1. The van der Waals surface area contributed by atoms with Crippen LogP contribution in [0.4, 0.5) is 11.5 Å². The van der Waals surface area contributed by atoms with Crippen LogP contribution in [-0.2, 0) is 0 Å². The number of carbonyl (C=O) groups is 1. The highest BCUT2D eigenvalue weighted by molar-refractivity contribution is 9.10. The van der Waals surface area contributed by atoms with Gasteiger partial charge in [0.1, 0.15) is 5.82 Å². The summed E-state index contributed by atoms with van der Waals surface area (Å²) >= 11 is 3.49. The van der Waals surface area contributed by atoms with Crippen LogP contribution in [0.15, 0.2) is 53.0 Å². The van der Waals surface area contributed by atoms with E-state index in [4.69, 9.17) is 4.98 Å². The molecular formula is C26H31BrN4O. The number of halogens is 1. The van der Waals surface area contributed by atoms with Crippen molar-refractivity contribution in [2.24, 2.45) is 5.92 Å². The van der Waals surface area contributed by atoms with Crippen LogP contribution in [0.1, 0.15) is 41.6 Å². The minimum atomic E-state index is 0.0115. The first kappa shape index (κ1) is 22.6. The summed E-state index contributed by atoms with van der Waals surface area (Å²) in [6, 6.07) is 16.6. The van der Waals surface area contributed by atoms with Gasteiger partial charge in [0.2, 0.25) is 0 Å². The predicted molar refractivity (Wildman–Crippen MR) is 137 cm³/mol. The van der Waals surface area contributed by atoms with Crippen LogP contribution in [0.25, 0.3) is 10.9 Å². The molecule has 32 heavy (non-hydrogen) atoms. The van der Waals surface area contributed by atoms with E-state index in [-0.39, 0.29) is 5.91 Å². The van der Waals surface area contributed by atoms with Crippen molar-refractivity contribution >= 4 is 44.2 Å². The smallest absolute Gasteiger partial charge is 0.251 e. The van der Waals surface area contributed by atoms with E-state index < -0.39 is 0 Å². The van der Waals surface area contributed by atoms with Gasteiger partial charge in [0.05, 0.1) is 5.52 Å². The van der Waals surface area contributed by atoms with Crippen molar-refractivity contribution in [3.05, 3.63) is 64.1 Å². The Morgan fingerprint density at radius 2 is 1.84 bits per heavy atom. The van der Waals surface area contributed by atoms with E-state index in [1.807, 2.05) is 31.2 Å². The fourth-order valence-electron chi connectivity index (χ4n) is 4.45. The van der Waals surface area contributed by atoms with Crippen molar-refractivity contribution in [2.45, 2.75) is 38.6 Å². The first-order valence-corrected chi connectivity index (χ1v) is 12.1. The number of hydrogen-bond donors (Lipinski definition) is 2. The molecule has 0 spiro atoms. The van der Waals surface area contributed by atoms with Crippen molar-refractivity contribution in [3.63, 3.8) is 0 Å². The molecular weight excluding hydrogens is 464 g/mol. The minimum absolute atomic E-state index is 0.0115. The Kier molecular flexibility index (Phi) is 6.99. The lowest BCUT2D eigenvalue weighted by atomic mass is 9.86. The van der Waals surface area contributed by atoms with Gasteiger partial charge in [-0.3, -0.25) is 4.79 Å². The van der Waals surface area contributed by atoms with E-state index in [0.717, 1.165) is 59.2 Å². The summed E-state index contributed by atoms with van der Waals surface area (Å²) in [6.07, 6.45) is 4.38. The van der Waals surface area contributed by atoms with Gasteiger partial charge in [-0.05, 0) is 68.4 Å². The zero-order valence-electron chi connectivity index (χ0n) is 19.0. The van der Waals surface area contributed by atoms with Gasteiger partial charge >= 0.3 is 0 Å². The molecule has 0 radical (unpaired) electrons. The summed E-state index contributed by atoms with van der Waals surface area (Å²) in [5.41, 5.74) is 3.99. The van der Waals surface area contributed by atoms with E-state index in [9.17, 15) is 4.79 Å². The molecule has 1 aliphatic rings. The molecule has 1 amide bonds. The molecule has 168 valence electrons. The molecule has 2 aromatic carbocycles. The zero-order valence-corrected chi connectivity index (χ0v) is 20.6. The number of hydrogen-bond acceptors (Lipinski definition) is 4. The van der Waals surface area contributed by atoms with Crippen LogP contribution >= 0.6 is 15.9 Å². The highest BCUT2D eigenvalue weighted by atomic mass is 79.9. The average molecular weight is 495 g/mol. The zero-order chi connectivity index (χ0) is 22.7. The molecule has 0 unspecified atom stereocenters. The third-order valence-corrected chi connectivity index (χ3v) is 7.24. The molecule has 6 heteroatoms. The van der Waals surface area contributed by atoms with Gasteiger partial charge in [0.25, 0.3) is 5.91 Å². The molecule has 4 rings (SSSR count). The Balaban J connectivity index is 1.31. The summed E-state index contributed by atoms with van der Waals surface area (Å²) in [4.78, 5) is 19.5. The number of aromatic nitrogens is 1. The van der Waals surface area contributed by atoms with Gasteiger partial charge in [-0.25, -0.2) is 4.98 Å². The molecule has 1 aliphatic carbocycles. The monoisotopic (exact) mass is 494 g/mol. The Labute approximate surface area is 198 Å². The standard InChI is InChI=1S/C26H31BrN4O/c1-17-14-19(10-13-22(17)27)26(32)28-16-18-8-11-20(12-9-18)29-25-15-24(31(2)3)21-6-4-5-7-23(21)30-25/h4-7,10,13-15,18,20H,8-9,11-12,16H2,1-3H3,(H,28,32)(H,29,30)/t18-,20+. The molecule has 3 aromatic rings. The van der Waals surface area contributed by atoms with E-state index in [1.54, 1.807) is 0 Å². The summed E-state index contributed by atoms with van der Waals surface area (Å²) in [5, 5.41) is 7.96. The Bertz CT molecular complexity index is 1110. The summed E-state index contributed by atoms with van der Waals surface area (Å²) in [6.45, 7) is 2.74. The Morgan fingerprint density at radius 1 is 1.09 bits per heavy atom. The molecule has 1 saturated carbocycles. The third kappa shape index (κ3) is 5.23. The molecule has 5 nitrogen and oxygen atoms in total. The largest absolute Gasteiger partial charge is 0.377 e. The van der Waals surface area contributed by atoms with Crippen molar-refractivity contribution in [1.29, 1.82) is 0 Å². The van der Waals surface area contributed by atoms with Gasteiger partial charge in [0.15, 0.2) is 0 Å². The summed E-state index contributed by atoms with van der Waals surface area (Å²) in [5.74, 6) is 1.47. The topological polar surface area (TPSA) is 57.3 Å². The highest BCUT2D eigenvalue weighted by Crippen LogP contribution is 2.30. The molecule has 0 saturated heterocycles. The predicted octanol–water partition coefficient (Wildman–Crippen LogP) is 5.77. The SMILES string of the molecule is Cc1cc(C(=O)NC[C@H]2CC[C@@H](Nc3cc(N(C)C)c4ccccc4n3)CC2)ccc1Br. The minimum Gasteiger partial charge on any atom is -0.377 e. The van der Waals surface area contributed by atoms with E-state index in [1.165, 1.54) is 11.1 Å². The maximum atomic E-state index is 12.5. The molecule has 1 aromatic heterocycles. The second kappa shape index (κ2) is 9.90. The van der Waals surface area contributed by atoms with Crippen molar-refractivity contribution in [3.8, 4) is 0 Å². The number of nitrogens with zero attached hydrogens (tertiary/aromatic N) is 2. The van der Waals surface area contributed by atoms with Gasteiger partial charge < -0.3 is 15.5 Å². The van der Waals surface area contributed by atoms with Crippen LogP contribution in [-0.4, -0.2) is 37.6 Å². The molecule has 1 fully saturated rings. The van der Waals surface area contributed by atoms with Crippen molar-refractivity contribution in [2.75, 3.05) is 30.9 Å². The van der Waals surface area contributed by atoms with Crippen LogP contribution in [0.5, 0.6) is 0 Å². The number of benzene rings is 2. The number of amides is 1. The number of para-hydroxylation sites is 1.